The van der Waals surface area contributed by atoms with Crippen molar-refractivity contribution in [1.29, 1.82) is 0 Å². The van der Waals surface area contributed by atoms with E-state index in [1.165, 1.54) is 29.1 Å². The Balaban J connectivity index is 1.19. The summed E-state index contributed by atoms with van der Waals surface area (Å²) in [6, 6.07) is 3.03. The van der Waals surface area contributed by atoms with Crippen molar-refractivity contribution in [3.8, 4) is 5.75 Å². The lowest BCUT2D eigenvalue weighted by molar-refractivity contribution is 0.219. The summed E-state index contributed by atoms with van der Waals surface area (Å²) in [4.78, 5) is 17.8. The van der Waals surface area contributed by atoms with Crippen molar-refractivity contribution >= 4 is 16.7 Å². The van der Waals surface area contributed by atoms with E-state index in [-0.39, 0.29) is 11.4 Å². The lowest BCUT2D eigenvalue weighted by Crippen LogP contribution is -2.46. The number of ether oxygens (including phenoxy) is 1. The second-order valence-electron chi connectivity index (χ2n) is 9.98. The van der Waals surface area contributed by atoms with E-state index < -0.39 is 5.82 Å². The second kappa shape index (κ2) is 9.43. The summed E-state index contributed by atoms with van der Waals surface area (Å²) in [5.41, 5.74) is 3.67. The Labute approximate surface area is 205 Å². The molecule has 2 aliphatic rings. The number of aryl methyl sites for hydroxylation is 2. The molecule has 2 aromatic heterocycles. The first kappa shape index (κ1) is 23.5. The number of anilines is 1. The molecular weight excluding hydrogens is 447 g/mol. The molecule has 1 saturated heterocycles. The molecule has 0 N–H and O–H groups in total. The highest BCUT2D eigenvalue weighted by Gasteiger charge is 2.28. The van der Waals surface area contributed by atoms with Crippen LogP contribution in [-0.4, -0.2) is 57.1 Å². The van der Waals surface area contributed by atoms with Crippen LogP contribution in [0.4, 0.5) is 10.1 Å². The van der Waals surface area contributed by atoms with Crippen LogP contribution in [-0.2, 0) is 20.6 Å². The molecule has 0 atom stereocenters. The number of methoxy groups -OCH3 is 1. The first-order valence-corrected chi connectivity index (χ1v) is 12.5. The Hall–Kier alpha value is -3.23. The lowest BCUT2D eigenvalue weighted by Gasteiger charge is -2.41. The van der Waals surface area contributed by atoms with Gasteiger partial charge in [-0.2, -0.15) is 5.10 Å². The predicted molar refractivity (Wildman–Crippen MR) is 135 cm³/mol. The van der Waals surface area contributed by atoms with Crippen molar-refractivity contribution in [3.63, 3.8) is 0 Å². The van der Waals surface area contributed by atoms with E-state index >= 15 is 0 Å². The van der Waals surface area contributed by atoms with Gasteiger partial charge in [-0.1, -0.05) is 6.58 Å². The van der Waals surface area contributed by atoms with Gasteiger partial charge in [0, 0.05) is 70.8 Å². The van der Waals surface area contributed by atoms with E-state index in [1.54, 1.807) is 17.7 Å². The van der Waals surface area contributed by atoms with Gasteiger partial charge in [0.25, 0.3) is 0 Å². The highest BCUT2D eigenvalue weighted by Crippen LogP contribution is 2.36. The van der Waals surface area contributed by atoms with Gasteiger partial charge in [0.05, 0.1) is 30.0 Å². The van der Waals surface area contributed by atoms with Crippen molar-refractivity contribution in [2.45, 2.75) is 32.2 Å². The molecule has 1 aromatic carbocycles. The van der Waals surface area contributed by atoms with E-state index in [4.69, 9.17) is 4.74 Å². The molecule has 0 unspecified atom stereocenters. The Morgan fingerprint density at radius 3 is 2.46 bits per heavy atom. The van der Waals surface area contributed by atoms with Gasteiger partial charge in [-0.15, -0.1) is 0 Å². The number of imidazole rings is 1. The SMILES string of the molecule is C=C(C1CCC(Cn2c(=O)n(C)c3cc(F)c(OC)cc32)CC1)N1CCN(c2cnn(C)c2)CC1. The highest BCUT2D eigenvalue weighted by atomic mass is 19.1. The Morgan fingerprint density at radius 2 is 1.83 bits per heavy atom. The maximum absolute atomic E-state index is 14.2. The number of nitrogens with zero attached hydrogens (tertiary/aromatic N) is 6. The molecule has 0 amide bonds. The number of hydrogen-bond donors (Lipinski definition) is 0. The molecule has 3 heterocycles. The third-order valence-corrected chi connectivity index (χ3v) is 7.92. The number of halogens is 1. The fraction of sp³-hybridized carbons (Fsp3) is 0.538. The zero-order valence-corrected chi connectivity index (χ0v) is 20.9. The quantitative estimate of drug-likeness (QED) is 0.539. The molecular formula is C26H35FN6O2. The molecule has 5 rings (SSSR count). The molecule has 1 aliphatic carbocycles. The number of allylic oxidation sites excluding steroid dienone is 1. The molecule has 8 nitrogen and oxygen atoms in total. The van der Waals surface area contributed by atoms with Gasteiger partial charge >= 0.3 is 5.69 Å². The van der Waals surface area contributed by atoms with Crippen molar-refractivity contribution in [1.82, 2.24) is 23.8 Å². The van der Waals surface area contributed by atoms with Crippen LogP contribution < -0.4 is 15.3 Å². The zero-order valence-electron chi connectivity index (χ0n) is 20.9. The predicted octanol–water partition coefficient (Wildman–Crippen LogP) is 3.36. The van der Waals surface area contributed by atoms with Gasteiger partial charge in [0.1, 0.15) is 0 Å². The molecule has 1 saturated carbocycles. The number of rotatable bonds is 6. The average Bonchev–Trinajstić information content (AvgIpc) is 3.41. The summed E-state index contributed by atoms with van der Waals surface area (Å²) in [6.45, 7) is 9.06. The molecule has 9 heteroatoms. The van der Waals surface area contributed by atoms with Crippen molar-refractivity contribution < 1.29 is 9.13 Å². The van der Waals surface area contributed by atoms with Gasteiger partial charge in [-0.3, -0.25) is 13.8 Å². The molecule has 0 spiro atoms. The third kappa shape index (κ3) is 4.44. The Morgan fingerprint density at radius 1 is 1.11 bits per heavy atom. The van der Waals surface area contributed by atoms with Crippen LogP contribution >= 0.6 is 0 Å². The van der Waals surface area contributed by atoms with Crippen molar-refractivity contribution in [3.05, 3.63) is 53.1 Å². The minimum atomic E-state index is -0.451. The summed E-state index contributed by atoms with van der Waals surface area (Å²) >= 11 is 0. The fourth-order valence-corrected chi connectivity index (χ4v) is 5.76. The van der Waals surface area contributed by atoms with Crippen LogP contribution in [0.1, 0.15) is 25.7 Å². The Kier molecular flexibility index (Phi) is 6.34. The van der Waals surface area contributed by atoms with E-state index in [0.29, 0.717) is 23.9 Å². The maximum Gasteiger partial charge on any atom is 0.328 e. The van der Waals surface area contributed by atoms with E-state index in [0.717, 1.165) is 57.4 Å². The van der Waals surface area contributed by atoms with Gasteiger partial charge in [0.15, 0.2) is 11.6 Å². The smallest absolute Gasteiger partial charge is 0.328 e. The molecule has 2 fully saturated rings. The first-order valence-electron chi connectivity index (χ1n) is 12.5. The molecule has 188 valence electrons. The van der Waals surface area contributed by atoms with Crippen LogP contribution in [0.5, 0.6) is 5.75 Å². The maximum atomic E-state index is 14.2. The van der Waals surface area contributed by atoms with Crippen LogP contribution in [0.15, 0.2) is 41.6 Å². The third-order valence-electron chi connectivity index (χ3n) is 7.92. The van der Waals surface area contributed by atoms with Crippen LogP contribution in [0.2, 0.25) is 0 Å². The normalized spacial score (nSPS) is 21.0. The summed E-state index contributed by atoms with van der Waals surface area (Å²) in [6.07, 6.45) is 8.29. The first-order chi connectivity index (χ1) is 16.9. The summed E-state index contributed by atoms with van der Waals surface area (Å²) in [7, 11) is 5.09. The summed E-state index contributed by atoms with van der Waals surface area (Å²) < 4.78 is 24.5. The largest absolute Gasteiger partial charge is 0.494 e. The topological polar surface area (TPSA) is 60.5 Å². The number of aromatic nitrogens is 4. The Bertz CT molecular complexity index is 1270. The lowest BCUT2D eigenvalue weighted by atomic mass is 9.80. The zero-order chi connectivity index (χ0) is 24.7. The van der Waals surface area contributed by atoms with Crippen molar-refractivity contribution in [2.24, 2.45) is 25.9 Å². The molecule has 3 aromatic rings. The van der Waals surface area contributed by atoms with Gasteiger partial charge in [-0.25, -0.2) is 9.18 Å². The van der Waals surface area contributed by atoms with Crippen molar-refractivity contribution in [2.75, 3.05) is 38.2 Å². The molecule has 35 heavy (non-hydrogen) atoms. The minimum Gasteiger partial charge on any atom is -0.494 e. The van der Waals surface area contributed by atoms with Gasteiger partial charge in [-0.05, 0) is 37.5 Å². The summed E-state index contributed by atoms with van der Waals surface area (Å²) in [5, 5.41) is 4.29. The number of fused-ring (bicyclic) bond motifs is 1. The molecule has 0 radical (unpaired) electrons. The number of hydrogen-bond acceptors (Lipinski definition) is 5. The van der Waals surface area contributed by atoms with Crippen LogP contribution in [0.3, 0.4) is 0 Å². The van der Waals surface area contributed by atoms with Gasteiger partial charge < -0.3 is 14.5 Å². The average molecular weight is 483 g/mol. The fourth-order valence-electron chi connectivity index (χ4n) is 5.76. The van der Waals surface area contributed by atoms with Gasteiger partial charge in [0.2, 0.25) is 0 Å². The second-order valence-corrected chi connectivity index (χ2v) is 9.98. The number of piperazine rings is 1. The van der Waals surface area contributed by atoms with E-state index in [1.807, 2.05) is 17.9 Å². The minimum absolute atomic E-state index is 0.106. The summed E-state index contributed by atoms with van der Waals surface area (Å²) in [5.74, 6) is 0.629. The monoisotopic (exact) mass is 482 g/mol. The standard InChI is InChI=1S/C26H35FN6O2/c1-18(31-9-11-32(12-10-31)21-15-28-29(2)17-21)20-7-5-19(6-8-20)16-33-24-14-25(35-4)22(27)13-23(24)30(3)26(33)34/h13-15,17,19-20H,1,5-12,16H2,2-4H3. The van der Waals surface area contributed by atoms with Crippen LogP contribution in [0.25, 0.3) is 11.0 Å². The highest BCUT2D eigenvalue weighted by molar-refractivity contribution is 5.78. The number of benzene rings is 1. The molecule has 1 aliphatic heterocycles. The van der Waals surface area contributed by atoms with Crippen LogP contribution in [0, 0.1) is 17.7 Å². The van der Waals surface area contributed by atoms with E-state index in [2.05, 4.69) is 27.7 Å². The molecule has 0 bridgehead atoms. The van der Waals surface area contributed by atoms with E-state index in [9.17, 15) is 9.18 Å².